The summed E-state index contributed by atoms with van der Waals surface area (Å²) in [6.07, 6.45) is 0.411. The third-order valence-corrected chi connectivity index (χ3v) is 3.97. The first-order chi connectivity index (χ1) is 10.0. The number of carboxylic acids is 1. The molecule has 1 fully saturated rings. The molecule has 1 amide bonds. The number of para-hydroxylation sites is 2. The number of carboxylic acid groups (broad SMARTS) is 1. The summed E-state index contributed by atoms with van der Waals surface area (Å²) >= 11 is 0. The van der Waals surface area contributed by atoms with E-state index in [2.05, 4.69) is 0 Å². The number of hydrogen-bond acceptors (Lipinski definition) is 4. The molecule has 6 nitrogen and oxygen atoms in total. The van der Waals surface area contributed by atoms with Gasteiger partial charge in [-0.05, 0) is 31.9 Å². The molecule has 1 aromatic rings. The highest BCUT2D eigenvalue weighted by atomic mass is 16.5. The van der Waals surface area contributed by atoms with Gasteiger partial charge in [-0.2, -0.15) is 0 Å². The van der Waals surface area contributed by atoms with Crippen molar-refractivity contribution in [3.05, 3.63) is 24.3 Å². The monoisotopic (exact) mass is 291 g/mol. The molecule has 2 aliphatic rings. The van der Waals surface area contributed by atoms with Crippen molar-refractivity contribution in [2.24, 2.45) is 0 Å². The average molecular weight is 291 g/mol. The van der Waals surface area contributed by atoms with E-state index in [0.717, 1.165) is 6.42 Å². The molecule has 0 spiro atoms. The Kier molecular flexibility index (Phi) is 3.33. The molecule has 2 atom stereocenters. The topological polar surface area (TPSA) is 76.1 Å². The molecule has 3 rings (SSSR count). The summed E-state index contributed by atoms with van der Waals surface area (Å²) in [5, 5.41) is 9.20. The van der Waals surface area contributed by atoms with Crippen molar-refractivity contribution in [2.45, 2.75) is 31.5 Å². The Labute approximate surface area is 122 Å². The minimum Gasteiger partial charge on any atom is -0.478 e. The molecule has 112 valence electrons. The van der Waals surface area contributed by atoms with E-state index >= 15 is 0 Å². The van der Waals surface area contributed by atoms with Gasteiger partial charge in [0.25, 0.3) is 5.91 Å². The fraction of sp³-hybridized carbons (Fsp3) is 0.467. The number of carbonyl (C=O) groups excluding carboxylic acids is 1. The predicted molar refractivity (Wildman–Crippen MR) is 74.4 cm³/mol. The van der Waals surface area contributed by atoms with Crippen LogP contribution in [0.5, 0.6) is 5.75 Å². The number of ether oxygens (including phenoxy) is 2. The van der Waals surface area contributed by atoms with Crippen molar-refractivity contribution < 1.29 is 24.2 Å². The molecule has 1 saturated heterocycles. The highest BCUT2D eigenvalue weighted by Crippen LogP contribution is 2.37. The molecule has 0 saturated carbocycles. The highest BCUT2D eigenvalue weighted by molar-refractivity contribution is 6.01. The van der Waals surface area contributed by atoms with Crippen LogP contribution in [0.15, 0.2) is 24.3 Å². The zero-order valence-electron chi connectivity index (χ0n) is 11.7. The van der Waals surface area contributed by atoms with Gasteiger partial charge in [0.15, 0.2) is 0 Å². The Morgan fingerprint density at radius 1 is 1.38 bits per heavy atom. The van der Waals surface area contributed by atoms with E-state index in [1.165, 1.54) is 4.90 Å². The van der Waals surface area contributed by atoms with E-state index in [9.17, 15) is 14.7 Å². The minimum atomic E-state index is -1.08. The third kappa shape index (κ3) is 2.35. The molecule has 0 bridgehead atoms. The van der Waals surface area contributed by atoms with Crippen LogP contribution in [-0.2, 0) is 14.3 Å². The summed E-state index contributed by atoms with van der Waals surface area (Å²) in [7, 11) is 0. The maximum atomic E-state index is 12.8. The molecule has 21 heavy (non-hydrogen) atoms. The summed E-state index contributed by atoms with van der Waals surface area (Å²) < 4.78 is 11.0. The van der Waals surface area contributed by atoms with Gasteiger partial charge in [0, 0.05) is 6.61 Å². The van der Waals surface area contributed by atoms with Crippen molar-refractivity contribution >= 4 is 17.6 Å². The number of hydrogen-bond donors (Lipinski definition) is 1. The van der Waals surface area contributed by atoms with Crippen LogP contribution in [0, 0.1) is 0 Å². The van der Waals surface area contributed by atoms with E-state index < -0.39 is 17.7 Å². The number of amides is 1. The lowest BCUT2D eigenvalue weighted by Crippen LogP contribution is -2.53. The lowest BCUT2D eigenvalue weighted by Gasteiger charge is -2.37. The summed E-state index contributed by atoms with van der Waals surface area (Å²) in [6, 6.07) is 6.97. The number of nitrogens with zero attached hydrogens (tertiary/aromatic N) is 1. The second-order valence-corrected chi connectivity index (χ2v) is 5.51. The molecule has 6 heteroatoms. The van der Waals surface area contributed by atoms with E-state index in [1.54, 1.807) is 31.2 Å². The van der Waals surface area contributed by atoms with Crippen LogP contribution < -0.4 is 9.64 Å². The Balaban J connectivity index is 1.96. The Morgan fingerprint density at radius 2 is 2.14 bits per heavy atom. The largest absolute Gasteiger partial charge is 0.478 e. The maximum Gasteiger partial charge on any atom is 0.346 e. The van der Waals surface area contributed by atoms with Gasteiger partial charge in [0.1, 0.15) is 11.4 Å². The van der Waals surface area contributed by atoms with Crippen LogP contribution >= 0.6 is 0 Å². The van der Waals surface area contributed by atoms with Gasteiger partial charge >= 0.3 is 5.97 Å². The predicted octanol–water partition coefficient (Wildman–Crippen LogP) is 1.43. The smallest absolute Gasteiger partial charge is 0.346 e. The lowest BCUT2D eigenvalue weighted by molar-refractivity contribution is -0.145. The van der Waals surface area contributed by atoms with Crippen LogP contribution in [0.3, 0.4) is 0 Å². The summed E-state index contributed by atoms with van der Waals surface area (Å²) in [4.78, 5) is 25.5. The van der Waals surface area contributed by atoms with Gasteiger partial charge < -0.3 is 19.5 Å². The number of anilines is 1. The van der Waals surface area contributed by atoms with E-state index in [1.807, 2.05) is 0 Å². The fourth-order valence-electron chi connectivity index (χ4n) is 2.79. The second-order valence-electron chi connectivity index (χ2n) is 5.51. The van der Waals surface area contributed by atoms with Crippen molar-refractivity contribution in [3.8, 4) is 5.75 Å². The Hall–Kier alpha value is -2.08. The molecule has 2 aliphatic heterocycles. The molecular weight excluding hydrogens is 274 g/mol. The molecule has 0 radical (unpaired) electrons. The number of fused-ring (bicyclic) bond motifs is 1. The van der Waals surface area contributed by atoms with Gasteiger partial charge in [-0.15, -0.1) is 0 Å². The first-order valence-electron chi connectivity index (χ1n) is 6.96. The third-order valence-electron chi connectivity index (χ3n) is 3.97. The zero-order valence-corrected chi connectivity index (χ0v) is 11.7. The summed E-state index contributed by atoms with van der Waals surface area (Å²) in [5.41, 5.74) is -0.287. The van der Waals surface area contributed by atoms with Gasteiger partial charge in [0.05, 0.1) is 12.2 Å². The summed E-state index contributed by atoms with van der Waals surface area (Å²) in [5.74, 6) is -0.882. The molecule has 2 heterocycles. The Morgan fingerprint density at radius 3 is 2.81 bits per heavy atom. The molecule has 0 aliphatic carbocycles. The highest BCUT2D eigenvalue weighted by Gasteiger charge is 2.44. The number of rotatable bonds is 2. The van der Waals surface area contributed by atoms with Crippen LogP contribution in [0.2, 0.25) is 0 Å². The standard InChI is InChI=1S/C15H17NO5/c1-15(7-4-8-20-15)14(19)16-9-12(13(17)18)21-11-6-3-2-5-10(11)16/h2-3,5-6,12H,4,7-9H2,1H3,(H,17,18). The van der Waals surface area contributed by atoms with E-state index in [4.69, 9.17) is 9.47 Å². The van der Waals surface area contributed by atoms with Crippen molar-refractivity contribution in [3.63, 3.8) is 0 Å². The van der Waals surface area contributed by atoms with Gasteiger partial charge in [-0.1, -0.05) is 12.1 Å². The van der Waals surface area contributed by atoms with E-state index in [-0.39, 0.29) is 12.5 Å². The van der Waals surface area contributed by atoms with Gasteiger partial charge in [-0.3, -0.25) is 4.79 Å². The molecule has 0 aromatic heterocycles. The maximum absolute atomic E-state index is 12.8. The molecule has 1 N–H and O–H groups in total. The first-order valence-corrected chi connectivity index (χ1v) is 6.96. The number of carbonyl (C=O) groups is 2. The second kappa shape index (κ2) is 5.04. The van der Waals surface area contributed by atoms with Crippen LogP contribution in [-0.4, -0.2) is 41.8 Å². The summed E-state index contributed by atoms with van der Waals surface area (Å²) in [6.45, 7) is 2.30. The van der Waals surface area contributed by atoms with Crippen molar-refractivity contribution in [1.29, 1.82) is 0 Å². The molecular formula is C15H17NO5. The van der Waals surface area contributed by atoms with E-state index in [0.29, 0.717) is 24.5 Å². The Bertz CT molecular complexity index is 579. The van der Waals surface area contributed by atoms with Crippen LogP contribution in [0.4, 0.5) is 5.69 Å². The quantitative estimate of drug-likeness (QED) is 0.892. The number of aliphatic carboxylic acids is 1. The number of benzene rings is 1. The minimum absolute atomic E-state index is 0.00979. The zero-order chi connectivity index (χ0) is 15.0. The van der Waals surface area contributed by atoms with Crippen LogP contribution in [0.25, 0.3) is 0 Å². The molecule has 1 aromatic carbocycles. The average Bonchev–Trinajstić information content (AvgIpc) is 2.93. The van der Waals surface area contributed by atoms with Crippen molar-refractivity contribution in [1.82, 2.24) is 0 Å². The SMILES string of the molecule is CC1(C(=O)N2CC(C(=O)O)Oc3ccccc32)CCCO1. The first kappa shape index (κ1) is 13.9. The van der Waals surface area contributed by atoms with Gasteiger partial charge in [0.2, 0.25) is 6.10 Å². The lowest BCUT2D eigenvalue weighted by atomic mass is 9.99. The van der Waals surface area contributed by atoms with Crippen molar-refractivity contribution in [2.75, 3.05) is 18.1 Å². The normalized spacial score (nSPS) is 27.9. The van der Waals surface area contributed by atoms with Crippen LogP contribution in [0.1, 0.15) is 19.8 Å². The fourth-order valence-corrected chi connectivity index (χ4v) is 2.79. The van der Waals surface area contributed by atoms with Gasteiger partial charge in [-0.25, -0.2) is 4.79 Å². The molecule has 2 unspecified atom stereocenters.